The molecule has 2 atom stereocenters. The van der Waals surface area contributed by atoms with E-state index >= 15 is 0 Å². The molecule has 0 amide bonds. The minimum absolute atomic E-state index is 0.286. The van der Waals surface area contributed by atoms with E-state index in [0.29, 0.717) is 6.79 Å². The first-order valence-electron chi connectivity index (χ1n) is 6.63. The van der Waals surface area contributed by atoms with Gasteiger partial charge in [-0.3, -0.25) is 0 Å². The predicted octanol–water partition coefficient (Wildman–Crippen LogP) is 3.66. The van der Waals surface area contributed by atoms with E-state index < -0.39 is 18.4 Å². The number of ether oxygens (including phenoxy) is 2. The van der Waals surface area contributed by atoms with Crippen LogP contribution in [-0.4, -0.2) is 38.9 Å². The van der Waals surface area contributed by atoms with Gasteiger partial charge in [-0.15, -0.1) is 0 Å². The van der Waals surface area contributed by atoms with Crippen LogP contribution in [0.2, 0.25) is 18.8 Å². The summed E-state index contributed by atoms with van der Waals surface area (Å²) in [7, 11) is 1.68. The number of benzene rings is 1. The van der Waals surface area contributed by atoms with E-state index in [0.717, 1.165) is 10.5 Å². The van der Waals surface area contributed by atoms with Gasteiger partial charge in [-0.05, 0) is 0 Å². The van der Waals surface area contributed by atoms with Gasteiger partial charge in [0.15, 0.2) is 0 Å². The molecule has 0 N–H and O–H groups in total. The molecule has 0 bridgehead atoms. The molecule has 3 heteroatoms. The molecular weight excluding hydrogens is 331 g/mol. The molecule has 1 aromatic rings. The zero-order valence-electron chi connectivity index (χ0n) is 11.9. The van der Waals surface area contributed by atoms with Crippen LogP contribution in [0.25, 0.3) is 0 Å². The molecule has 0 aliphatic heterocycles. The summed E-state index contributed by atoms with van der Waals surface area (Å²) in [5.41, 5.74) is 1.74. The molecule has 18 heavy (non-hydrogen) atoms. The van der Waals surface area contributed by atoms with Gasteiger partial charge in [0.1, 0.15) is 0 Å². The van der Waals surface area contributed by atoms with Crippen LogP contribution in [0.4, 0.5) is 0 Å². The van der Waals surface area contributed by atoms with Crippen molar-refractivity contribution < 1.29 is 9.47 Å². The van der Waals surface area contributed by atoms with Gasteiger partial charge in [-0.2, -0.15) is 0 Å². The Hall–Kier alpha value is -0.0613. The monoisotopic (exact) mass is 356 g/mol. The molecule has 0 unspecified atom stereocenters. The second kappa shape index (κ2) is 5.51. The van der Waals surface area contributed by atoms with Crippen LogP contribution >= 0.6 is 0 Å². The van der Waals surface area contributed by atoms with E-state index in [4.69, 9.17) is 9.47 Å². The summed E-state index contributed by atoms with van der Waals surface area (Å²) in [6.07, 6.45) is 1.31. The summed E-state index contributed by atoms with van der Waals surface area (Å²) < 4.78 is 11.6. The van der Waals surface area contributed by atoms with E-state index in [1.54, 1.807) is 7.11 Å². The van der Waals surface area contributed by atoms with Gasteiger partial charge in [0.05, 0.1) is 0 Å². The molecule has 1 aliphatic carbocycles. The fourth-order valence-electron chi connectivity index (χ4n) is 3.08. The van der Waals surface area contributed by atoms with E-state index in [-0.39, 0.29) is 5.41 Å². The van der Waals surface area contributed by atoms with Gasteiger partial charge in [0, 0.05) is 0 Å². The fourth-order valence-corrected chi connectivity index (χ4v) is 11.3. The number of methoxy groups -OCH3 is 1. The molecule has 1 saturated carbocycles. The van der Waals surface area contributed by atoms with Crippen LogP contribution < -0.4 is 0 Å². The Bertz CT molecular complexity index is 385. The van der Waals surface area contributed by atoms with Crippen LogP contribution in [-0.2, 0) is 14.9 Å². The topological polar surface area (TPSA) is 18.5 Å². The normalized spacial score (nSPS) is 27.2. The average Bonchev–Trinajstić information content (AvgIpc) is 3.07. The van der Waals surface area contributed by atoms with E-state index in [1.807, 2.05) is 0 Å². The van der Waals surface area contributed by atoms with Gasteiger partial charge in [-0.1, -0.05) is 0 Å². The zero-order chi connectivity index (χ0) is 13.2. The Morgan fingerprint density at radius 2 is 1.89 bits per heavy atom. The van der Waals surface area contributed by atoms with Gasteiger partial charge >= 0.3 is 115 Å². The first kappa shape index (κ1) is 14.3. The van der Waals surface area contributed by atoms with Crippen LogP contribution in [0.3, 0.4) is 0 Å². The van der Waals surface area contributed by atoms with Gasteiger partial charge in [0.25, 0.3) is 0 Å². The Morgan fingerprint density at radius 3 is 2.39 bits per heavy atom. The standard InChI is InChI=1S/C12H15O2.3CH3.Sn/c1-13-10-14-9-12(7-8-12)11-5-3-2-4-6-11;;;;/h2-7H,8-10H2,1H3;3*1H3;/t12-;;;;/m1..../s1. The molecule has 1 aromatic carbocycles. The first-order chi connectivity index (χ1) is 8.50. The van der Waals surface area contributed by atoms with Gasteiger partial charge in [-0.25, -0.2) is 0 Å². The van der Waals surface area contributed by atoms with Crippen LogP contribution in [0.1, 0.15) is 12.0 Å². The van der Waals surface area contributed by atoms with Crippen LogP contribution in [0.5, 0.6) is 0 Å². The third kappa shape index (κ3) is 2.91. The maximum atomic E-state index is 5.70. The quantitative estimate of drug-likeness (QED) is 0.441. The average molecular weight is 355 g/mol. The molecule has 0 aromatic heterocycles. The van der Waals surface area contributed by atoms with Crippen molar-refractivity contribution in [2.24, 2.45) is 0 Å². The zero-order valence-corrected chi connectivity index (χ0v) is 14.8. The van der Waals surface area contributed by atoms with E-state index in [9.17, 15) is 0 Å². The summed E-state index contributed by atoms with van der Waals surface area (Å²) in [5.74, 6) is 0. The van der Waals surface area contributed by atoms with Crippen molar-refractivity contribution in [1.82, 2.24) is 0 Å². The van der Waals surface area contributed by atoms with Crippen molar-refractivity contribution in [3.05, 3.63) is 35.9 Å². The third-order valence-electron chi connectivity index (χ3n) is 4.03. The molecule has 1 aliphatic rings. The Labute approximate surface area is 115 Å². The van der Waals surface area contributed by atoms with Crippen molar-refractivity contribution in [2.75, 3.05) is 20.5 Å². The first-order valence-corrected chi connectivity index (χ1v) is 16.8. The molecule has 2 rings (SSSR count). The summed E-state index contributed by atoms with van der Waals surface area (Å²) in [6, 6.07) is 10.9. The van der Waals surface area contributed by atoms with Crippen molar-refractivity contribution in [1.29, 1.82) is 0 Å². The van der Waals surface area contributed by atoms with Crippen LogP contribution in [0, 0.1) is 0 Å². The third-order valence-corrected chi connectivity index (χ3v) is 12.2. The fraction of sp³-hybridized carbons (Fsp3) is 0.600. The molecule has 2 nitrogen and oxygen atoms in total. The summed E-state index contributed by atoms with van der Waals surface area (Å²) in [6.45, 7) is 1.21. The maximum absolute atomic E-state index is 5.70. The molecule has 1 fully saturated rings. The molecule has 100 valence electrons. The van der Waals surface area contributed by atoms with Crippen molar-refractivity contribution >= 4 is 18.4 Å². The SMILES string of the molecule is COCOC[C@]1(c2ccccc2)C[C@@H]1[Sn]([CH3])([CH3])[CH3]. The van der Waals surface area contributed by atoms with E-state index in [1.165, 1.54) is 12.0 Å². The van der Waals surface area contributed by atoms with E-state index in [2.05, 4.69) is 45.2 Å². The molecule has 0 heterocycles. The van der Waals surface area contributed by atoms with Crippen LogP contribution in [0.15, 0.2) is 30.3 Å². The Balaban J connectivity index is 2.16. The Morgan fingerprint density at radius 1 is 1.22 bits per heavy atom. The van der Waals surface area contributed by atoms with Gasteiger partial charge in [0.2, 0.25) is 0 Å². The molecule has 0 saturated heterocycles. The second-order valence-corrected chi connectivity index (χ2v) is 21.9. The minimum atomic E-state index is -1.86. The van der Waals surface area contributed by atoms with Crippen molar-refractivity contribution in [3.63, 3.8) is 0 Å². The van der Waals surface area contributed by atoms with Gasteiger partial charge < -0.3 is 0 Å². The summed E-state index contributed by atoms with van der Waals surface area (Å²) in [4.78, 5) is 7.58. The molecule has 0 spiro atoms. The Kier molecular flexibility index (Phi) is 4.39. The number of hydrogen-bond acceptors (Lipinski definition) is 2. The summed E-state index contributed by atoms with van der Waals surface area (Å²) in [5, 5.41) is 0. The molecule has 0 radical (unpaired) electrons. The van der Waals surface area contributed by atoms with Crippen molar-refractivity contribution in [3.8, 4) is 0 Å². The van der Waals surface area contributed by atoms with Crippen molar-refractivity contribution in [2.45, 2.75) is 30.6 Å². The number of hydrogen-bond donors (Lipinski definition) is 0. The second-order valence-electron chi connectivity index (χ2n) is 6.40. The molecular formula is C15H24O2Sn. The predicted molar refractivity (Wildman–Crippen MR) is 77.7 cm³/mol. The summed E-state index contributed by atoms with van der Waals surface area (Å²) >= 11 is -1.86. The number of rotatable bonds is 6.